The van der Waals surface area contributed by atoms with Crippen LogP contribution < -0.4 is 0 Å². The van der Waals surface area contributed by atoms with Crippen molar-refractivity contribution < 1.29 is 14.9 Å². The van der Waals surface area contributed by atoms with Crippen LogP contribution in [0.2, 0.25) is 10.0 Å². The molecule has 1 fully saturated rings. The third kappa shape index (κ3) is 2.22. The number of aliphatic hydroxyl groups is 2. The molecule has 0 saturated carbocycles. The van der Waals surface area contributed by atoms with Gasteiger partial charge in [0.2, 0.25) is 0 Å². The summed E-state index contributed by atoms with van der Waals surface area (Å²) in [6.45, 7) is -0.211. The van der Waals surface area contributed by atoms with Crippen LogP contribution in [0.25, 0.3) is 11.0 Å². The number of ether oxygens (including phenoxy) is 1. The van der Waals surface area contributed by atoms with Crippen LogP contribution in [0.1, 0.15) is 12.6 Å². The molecule has 5 nitrogen and oxygen atoms in total. The van der Waals surface area contributed by atoms with E-state index in [4.69, 9.17) is 33.0 Å². The number of halogens is 2. The van der Waals surface area contributed by atoms with Crippen LogP contribution in [0.5, 0.6) is 0 Å². The van der Waals surface area contributed by atoms with E-state index in [1.807, 2.05) is 0 Å². The Morgan fingerprint density at radius 1 is 1.37 bits per heavy atom. The zero-order valence-corrected chi connectivity index (χ0v) is 11.3. The molecule has 1 aliphatic rings. The van der Waals surface area contributed by atoms with E-state index in [0.29, 0.717) is 22.0 Å². The molecule has 102 valence electrons. The molecule has 1 saturated heterocycles. The van der Waals surface area contributed by atoms with Crippen molar-refractivity contribution in [3.05, 3.63) is 28.5 Å². The molecule has 2 N–H and O–H groups in total. The maximum absolute atomic E-state index is 9.76. The Hall–Kier alpha value is -0.850. The molecule has 0 radical (unpaired) electrons. The SMILES string of the molecule is OC[C@@H]1O[C@@H](n2cnc3cc(Cl)c(Cl)cc32)C[C@H]1O. The summed E-state index contributed by atoms with van der Waals surface area (Å²) < 4.78 is 7.38. The molecule has 2 heterocycles. The Morgan fingerprint density at radius 3 is 2.79 bits per heavy atom. The van der Waals surface area contributed by atoms with Gasteiger partial charge in [-0.3, -0.25) is 0 Å². The summed E-state index contributed by atoms with van der Waals surface area (Å²) in [7, 11) is 0. The highest BCUT2D eigenvalue weighted by Gasteiger charge is 2.34. The Labute approximate surface area is 119 Å². The summed E-state index contributed by atoms with van der Waals surface area (Å²) in [5.74, 6) is 0. The van der Waals surface area contributed by atoms with Gasteiger partial charge >= 0.3 is 0 Å². The van der Waals surface area contributed by atoms with E-state index in [9.17, 15) is 5.11 Å². The number of imidazole rings is 1. The van der Waals surface area contributed by atoms with Crippen LogP contribution in [-0.4, -0.2) is 38.6 Å². The summed E-state index contributed by atoms with van der Waals surface area (Å²) in [4.78, 5) is 4.24. The van der Waals surface area contributed by atoms with Gasteiger partial charge in [0.1, 0.15) is 12.3 Å². The first-order chi connectivity index (χ1) is 9.10. The summed E-state index contributed by atoms with van der Waals surface area (Å²) in [6, 6.07) is 3.40. The van der Waals surface area contributed by atoms with Gasteiger partial charge in [0.05, 0.1) is 40.1 Å². The molecule has 19 heavy (non-hydrogen) atoms. The van der Waals surface area contributed by atoms with E-state index >= 15 is 0 Å². The van der Waals surface area contributed by atoms with Gasteiger partial charge in [-0.05, 0) is 12.1 Å². The minimum Gasteiger partial charge on any atom is -0.394 e. The van der Waals surface area contributed by atoms with Gasteiger partial charge in [0, 0.05) is 6.42 Å². The number of fused-ring (bicyclic) bond motifs is 1. The lowest BCUT2D eigenvalue weighted by atomic mass is 10.2. The van der Waals surface area contributed by atoms with Crippen LogP contribution in [-0.2, 0) is 4.74 Å². The largest absolute Gasteiger partial charge is 0.394 e. The molecule has 0 bridgehead atoms. The van der Waals surface area contributed by atoms with Gasteiger partial charge < -0.3 is 19.5 Å². The standard InChI is InChI=1S/C12H12Cl2N2O3/c13-6-1-8-9(2-7(6)14)16(5-15-8)12-3-10(18)11(4-17)19-12/h1-2,5,10-12,17-18H,3-4H2/t10-,11+,12-/m1/s1. The van der Waals surface area contributed by atoms with Crippen LogP contribution in [0, 0.1) is 0 Å². The minimum atomic E-state index is -0.685. The first-order valence-corrected chi connectivity index (χ1v) is 6.61. The van der Waals surface area contributed by atoms with Gasteiger partial charge in [0.25, 0.3) is 0 Å². The monoisotopic (exact) mass is 302 g/mol. The second kappa shape index (κ2) is 4.92. The lowest BCUT2D eigenvalue weighted by Gasteiger charge is -2.14. The number of nitrogens with zero attached hydrogens (tertiary/aromatic N) is 2. The molecule has 1 aromatic carbocycles. The van der Waals surface area contributed by atoms with Gasteiger partial charge in [-0.25, -0.2) is 4.98 Å². The molecule has 1 aromatic heterocycles. The highest BCUT2D eigenvalue weighted by Crippen LogP contribution is 2.33. The molecule has 0 spiro atoms. The second-order valence-corrected chi connectivity index (χ2v) is 5.34. The zero-order chi connectivity index (χ0) is 13.6. The highest BCUT2D eigenvalue weighted by atomic mass is 35.5. The molecular weight excluding hydrogens is 291 g/mol. The maximum Gasteiger partial charge on any atom is 0.138 e. The van der Waals surface area contributed by atoms with Crippen molar-refractivity contribution in [2.75, 3.05) is 6.61 Å². The zero-order valence-electron chi connectivity index (χ0n) is 9.83. The van der Waals surface area contributed by atoms with E-state index in [2.05, 4.69) is 4.98 Å². The third-order valence-corrected chi connectivity index (χ3v) is 4.03. The number of hydrogen-bond acceptors (Lipinski definition) is 4. The Morgan fingerprint density at radius 2 is 2.11 bits per heavy atom. The average molecular weight is 303 g/mol. The first-order valence-electron chi connectivity index (χ1n) is 5.86. The topological polar surface area (TPSA) is 67.5 Å². The molecule has 0 amide bonds. The van der Waals surface area contributed by atoms with E-state index in [0.717, 1.165) is 5.52 Å². The number of hydrogen-bond donors (Lipinski definition) is 2. The number of rotatable bonds is 2. The number of benzene rings is 1. The predicted molar refractivity (Wildman–Crippen MR) is 71.4 cm³/mol. The molecule has 2 aromatic rings. The number of aliphatic hydroxyl groups excluding tert-OH is 2. The van der Waals surface area contributed by atoms with Crippen LogP contribution >= 0.6 is 23.2 Å². The molecule has 0 unspecified atom stereocenters. The third-order valence-electron chi connectivity index (χ3n) is 3.31. The van der Waals surface area contributed by atoms with E-state index in [-0.39, 0.29) is 12.8 Å². The van der Waals surface area contributed by atoms with Crippen LogP contribution in [0.15, 0.2) is 18.5 Å². The van der Waals surface area contributed by atoms with Crippen molar-refractivity contribution in [2.24, 2.45) is 0 Å². The van der Waals surface area contributed by atoms with Crippen molar-refractivity contribution in [3.63, 3.8) is 0 Å². The van der Waals surface area contributed by atoms with Crippen molar-refractivity contribution in [1.29, 1.82) is 0 Å². The Balaban J connectivity index is 2.00. The molecule has 0 aliphatic carbocycles. The molecule has 1 aliphatic heterocycles. The summed E-state index contributed by atoms with van der Waals surface area (Å²) >= 11 is 11.9. The van der Waals surface area contributed by atoms with Gasteiger partial charge in [-0.1, -0.05) is 23.2 Å². The van der Waals surface area contributed by atoms with Crippen molar-refractivity contribution in [2.45, 2.75) is 24.9 Å². The smallest absolute Gasteiger partial charge is 0.138 e. The summed E-state index contributed by atoms with van der Waals surface area (Å²) in [5, 5.41) is 19.7. The lowest BCUT2D eigenvalue weighted by molar-refractivity contribution is -0.0430. The van der Waals surface area contributed by atoms with E-state index < -0.39 is 12.2 Å². The van der Waals surface area contributed by atoms with Gasteiger partial charge in [-0.2, -0.15) is 0 Å². The molecular formula is C12H12Cl2N2O3. The average Bonchev–Trinajstić information content (AvgIpc) is 2.93. The normalized spacial score (nSPS) is 27.3. The number of aromatic nitrogens is 2. The van der Waals surface area contributed by atoms with Gasteiger partial charge in [-0.15, -0.1) is 0 Å². The summed E-state index contributed by atoms with van der Waals surface area (Å²) in [5.41, 5.74) is 1.49. The lowest BCUT2D eigenvalue weighted by Crippen LogP contribution is -2.24. The fourth-order valence-corrected chi connectivity index (χ4v) is 2.62. The fourth-order valence-electron chi connectivity index (χ4n) is 2.30. The van der Waals surface area contributed by atoms with Crippen LogP contribution in [0.3, 0.4) is 0 Å². The van der Waals surface area contributed by atoms with Crippen molar-refractivity contribution in [3.8, 4) is 0 Å². The second-order valence-electron chi connectivity index (χ2n) is 4.52. The molecule has 3 rings (SSSR count). The van der Waals surface area contributed by atoms with Gasteiger partial charge in [0.15, 0.2) is 0 Å². The maximum atomic E-state index is 9.76. The van der Waals surface area contributed by atoms with E-state index in [1.54, 1.807) is 23.0 Å². The molecule has 7 heteroatoms. The highest BCUT2D eigenvalue weighted by molar-refractivity contribution is 6.42. The minimum absolute atomic E-state index is 0.211. The van der Waals surface area contributed by atoms with Crippen LogP contribution in [0.4, 0.5) is 0 Å². The fraction of sp³-hybridized carbons (Fsp3) is 0.417. The first kappa shape index (κ1) is 13.1. The summed E-state index contributed by atoms with van der Waals surface area (Å²) in [6.07, 6.45) is 0.403. The predicted octanol–water partition coefficient (Wildman–Crippen LogP) is 1.98. The quantitative estimate of drug-likeness (QED) is 0.890. The Bertz CT molecular complexity index is 616. The molecule has 3 atom stereocenters. The van der Waals surface area contributed by atoms with Crippen molar-refractivity contribution >= 4 is 34.2 Å². The van der Waals surface area contributed by atoms with Crippen molar-refractivity contribution in [1.82, 2.24) is 9.55 Å². The Kier molecular flexibility index (Phi) is 3.41. The van der Waals surface area contributed by atoms with E-state index in [1.165, 1.54) is 0 Å².